The number of carbonyl (C=O) groups is 2. The quantitative estimate of drug-likeness (QED) is 0.323. The van der Waals surface area contributed by atoms with Crippen LogP contribution in [-0.4, -0.2) is 63.9 Å². The molecule has 2 aromatic rings. The van der Waals surface area contributed by atoms with E-state index in [1.54, 1.807) is 27.7 Å². The number of anilines is 1. The number of benzene rings is 1. The van der Waals surface area contributed by atoms with E-state index in [0.29, 0.717) is 48.7 Å². The van der Waals surface area contributed by atoms with E-state index in [4.69, 9.17) is 17.3 Å². The molecule has 2 amide bonds. The van der Waals surface area contributed by atoms with Gasteiger partial charge in [-0.25, -0.2) is 4.79 Å². The summed E-state index contributed by atoms with van der Waals surface area (Å²) in [7, 11) is 0. The minimum atomic E-state index is -0.376. The zero-order valence-corrected chi connectivity index (χ0v) is 22.6. The maximum atomic E-state index is 12.8. The van der Waals surface area contributed by atoms with E-state index < -0.39 is 0 Å². The van der Waals surface area contributed by atoms with Crippen molar-refractivity contribution in [3.05, 3.63) is 68.9 Å². The molecule has 4 N–H and O–H groups in total. The summed E-state index contributed by atoms with van der Waals surface area (Å²) in [5, 5.41) is 3.04. The summed E-state index contributed by atoms with van der Waals surface area (Å²) in [5.41, 5.74) is 9.23. The number of halogens is 1. The molecule has 2 heterocycles. The third-order valence-corrected chi connectivity index (χ3v) is 7.21. The Morgan fingerprint density at radius 3 is 2.57 bits per heavy atom. The fourth-order valence-corrected chi connectivity index (χ4v) is 4.91. The van der Waals surface area contributed by atoms with Crippen LogP contribution in [0.25, 0.3) is 6.08 Å². The number of hydrogen-bond acceptors (Lipinski definition) is 5. The van der Waals surface area contributed by atoms with Crippen molar-refractivity contribution < 1.29 is 9.59 Å². The number of H-pyrrole nitrogens is 1. The van der Waals surface area contributed by atoms with Crippen LogP contribution in [0.1, 0.15) is 60.0 Å². The molecule has 9 nitrogen and oxygen atoms in total. The first kappa shape index (κ1) is 28.3. The number of aryl methyl sites for hydroxylation is 1. The van der Waals surface area contributed by atoms with Crippen LogP contribution in [0.4, 0.5) is 5.69 Å². The van der Waals surface area contributed by atoms with E-state index in [1.165, 1.54) is 6.07 Å². The first-order valence-corrected chi connectivity index (χ1v) is 13.0. The van der Waals surface area contributed by atoms with Crippen molar-refractivity contribution in [1.82, 2.24) is 24.7 Å². The minimum Gasteiger partial charge on any atom is -0.397 e. The van der Waals surface area contributed by atoms with Crippen molar-refractivity contribution in [3.8, 4) is 0 Å². The van der Waals surface area contributed by atoms with Crippen LogP contribution in [0.15, 0.2) is 35.7 Å². The molecule has 1 aliphatic heterocycles. The summed E-state index contributed by atoms with van der Waals surface area (Å²) < 4.78 is 1.76. The lowest BCUT2D eigenvalue weighted by molar-refractivity contribution is -0.131. The molecule has 3 rings (SSSR count). The number of likely N-dealkylation sites (tertiary alicyclic amines) is 1. The topological polar surface area (TPSA) is 116 Å². The largest absolute Gasteiger partial charge is 0.397 e. The van der Waals surface area contributed by atoms with Gasteiger partial charge in [0.1, 0.15) is 0 Å². The summed E-state index contributed by atoms with van der Waals surface area (Å²) in [6.07, 6.45) is 6.63. The lowest BCUT2D eigenvalue weighted by Crippen LogP contribution is -2.45. The van der Waals surface area contributed by atoms with Crippen LogP contribution in [-0.2, 0) is 11.3 Å². The van der Waals surface area contributed by atoms with Gasteiger partial charge in [-0.2, -0.15) is 0 Å². The van der Waals surface area contributed by atoms with Crippen LogP contribution in [0.3, 0.4) is 0 Å². The summed E-state index contributed by atoms with van der Waals surface area (Å²) in [6, 6.07) is 3.25. The number of nitrogens with one attached hydrogen (secondary N) is 2. The molecule has 0 spiro atoms. The number of nitrogens with two attached hydrogens (primary N) is 1. The molecule has 0 bridgehead atoms. The molecule has 0 saturated carbocycles. The fourth-order valence-electron chi connectivity index (χ4n) is 4.67. The van der Waals surface area contributed by atoms with Crippen molar-refractivity contribution in [2.75, 3.05) is 38.5 Å². The van der Waals surface area contributed by atoms with Gasteiger partial charge in [-0.05, 0) is 56.6 Å². The van der Waals surface area contributed by atoms with E-state index in [-0.39, 0.29) is 30.1 Å². The van der Waals surface area contributed by atoms with Gasteiger partial charge in [0.15, 0.2) is 0 Å². The van der Waals surface area contributed by atoms with Gasteiger partial charge in [-0.3, -0.25) is 19.1 Å². The highest BCUT2D eigenvalue weighted by molar-refractivity contribution is 6.33. The lowest BCUT2D eigenvalue weighted by Gasteiger charge is -2.33. The Morgan fingerprint density at radius 2 is 1.95 bits per heavy atom. The highest BCUT2D eigenvalue weighted by Crippen LogP contribution is 2.27. The van der Waals surface area contributed by atoms with Gasteiger partial charge >= 0.3 is 5.69 Å². The number of carbonyl (C=O) groups excluding carboxylic acids is 2. The fraction of sp³-hybridized carbons (Fsp3) is 0.444. The average Bonchev–Trinajstić information content (AvgIpc) is 3.18. The second-order valence-electron chi connectivity index (χ2n) is 9.19. The van der Waals surface area contributed by atoms with Crippen molar-refractivity contribution in [3.63, 3.8) is 0 Å². The van der Waals surface area contributed by atoms with Gasteiger partial charge in [0, 0.05) is 36.9 Å². The highest BCUT2D eigenvalue weighted by Gasteiger charge is 2.27. The number of aromatic nitrogens is 2. The van der Waals surface area contributed by atoms with E-state index in [1.807, 2.05) is 13.0 Å². The third kappa shape index (κ3) is 6.72. The number of nitrogen functional groups attached to an aromatic ring is 1. The Labute approximate surface area is 223 Å². The second kappa shape index (κ2) is 12.8. The van der Waals surface area contributed by atoms with Gasteiger partial charge in [-0.1, -0.05) is 44.2 Å². The molecular formula is C27H37ClN6O3. The SMILES string of the molecule is C=C/C=C\c1c(C)[nH]c(=O)n1C1CCN(C(=O)CNC(=O)c2cc(Cl)c(N)c(CN(CC)CC)c2)CC1. The van der Waals surface area contributed by atoms with Crippen molar-refractivity contribution in [1.29, 1.82) is 0 Å². The first-order chi connectivity index (χ1) is 17.7. The molecule has 0 unspecified atom stereocenters. The molecule has 1 aromatic heterocycles. The van der Waals surface area contributed by atoms with Crippen molar-refractivity contribution in [2.45, 2.75) is 46.2 Å². The summed E-state index contributed by atoms with van der Waals surface area (Å²) in [5.74, 6) is -0.542. The molecule has 0 aliphatic carbocycles. The van der Waals surface area contributed by atoms with Crippen LogP contribution in [0, 0.1) is 6.92 Å². The Kier molecular flexibility index (Phi) is 9.77. The molecule has 1 saturated heterocycles. The first-order valence-electron chi connectivity index (χ1n) is 12.7. The summed E-state index contributed by atoms with van der Waals surface area (Å²) in [6.45, 7) is 12.8. The summed E-state index contributed by atoms with van der Waals surface area (Å²) >= 11 is 6.30. The van der Waals surface area contributed by atoms with Gasteiger partial charge in [-0.15, -0.1) is 0 Å². The van der Waals surface area contributed by atoms with Gasteiger partial charge < -0.3 is 20.9 Å². The molecule has 37 heavy (non-hydrogen) atoms. The van der Waals surface area contributed by atoms with Gasteiger partial charge in [0.05, 0.1) is 22.9 Å². The predicted molar refractivity (Wildman–Crippen MR) is 149 cm³/mol. The second-order valence-corrected chi connectivity index (χ2v) is 9.60. The van der Waals surface area contributed by atoms with Crippen LogP contribution >= 0.6 is 11.6 Å². The number of allylic oxidation sites excluding steroid dienone is 2. The Morgan fingerprint density at radius 1 is 1.27 bits per heavy atom. The molecule has 0 radical (unpaired) electrons. The Balaban J connectivity index is 1.60. The monoisotopic (exact) mass is 528 g/mol. The number of piperidine rings is 1. The molecule has 1 fully saturated rings. The zero-order chi connectivity index (χ0) is 27.1. The van der Waals surface area contributed by atoms with Gasteiger partial charge in [0.25, 0.3) is 5.91 Å². The van der Waals surface area contributed by atoms with Gasteiger partial charge in [0.2, 0.25) is 5.91 Å². The number of hydrogen-bond donors (Lipinski definition) is 3. The van der Waals surface area contributed by atoms with Crippen LogP contribution < -0.4 is 16.7 Å². The number of amides is 2. The molecule has 10 heteroatoms. The van der Waals surface area contributed by atoms with E-state index in [9.17, 15) is 14.4 Å². The normalized spacial score (nSPS) is 14.5. The minimum absolute atomic E-state index is 0.0123. The Bertz CT molecular complexity index is 1220. The van der Waals surface area contributed by atoms with Crippen molar-refractivity contribution in [2.24, 2.45) is 0 Å². The maximum absolute atomic E-state index is 12.8. The molecule has 1 aliphatic rings. The number of nitrogens with zero attached hydrogens (tertiary/aromatic N) is 3. The standard InChI is InChI=1S/C27H37ClN6O3/c1-5-8-9-23-18(4)31-27(37)34(23)21-10-12-33(13-11-21)24(35)16-30-26(36)19-14-20(17-32(6-2)7-3)25(29)22(28)15-19/h5,8-9,14-15,21H,1,6-7,10-13,16-17,29H2,2-4H3,(H,30,36)(H,31,37)/b9-8-. The number of imidazole rings is 1. The van der Waals surface area contributed by atoms with Crippen molar-refractivity contribution >= 4 is 35.2 Å². The van der Waals surface area contributed by atoms with E-state index in [2.05, 4.69) is 35.6 Å². The third-order valence-electron chi connectivity index (χ3n) is 6.90. The molecule has 1 aromatic carbocycles. The smallest absolute Gasteiger partial charge is 0.326 e. The number of aromatic amines is 1. The van der Waals surface area contributed by atoms with Crippen LogP contribution in [0.5, 0.6) is 0 Å². The lowest BCUT2D eigenvalue weighted by atomic mass is 10.0. The Hall–Kier alpha value is -3.30. The highest BCUT2D eigenvalue weighted by atomic mass is 35.5. The van der Waals surface area contributed by atoms with E-state index in [0.717, 1.165) is 30.0 Å². The van der Waals surface area contributed by atoms with E-state index >= 15 is 0 Å². The zero-order valence-electron chi connectivity index (χ0n) is 21.8. The maximum Gasteiger partial charge on any atom is 0.326 e. The average molecular weight is 529 g/mol. The molecular weight excluding hydrogens is 492 g/mol. The van der Waals surface area contributed by atoms with Crippen LogP contribution in [0.2, 0.25) is 5.02 Å². The summed E-state index contributed by atoms with van der Waals surface area (Å²) in [4.78, 5) is 44.9. The molecule has 0 atom stereocenters. The predicted octanol–water partition coefficient (Wildman–Crippen LogP) is 3.35. The molecule has 200 valence electrons. The number of rotatable bonds is 10.